The smallest absolute Gasteiger partial charge is 0.128 e. The van der Waals surface area contributed by atoms with Crippen LogP contribution < -0.4 is 11.1 Å². The number of anilines is 1. The van der Waals surface area contributed by atoms with Crippen molar-refractivity contribution in [2.75, 3.05) is 12.3 Å². The standard InChI is InChI=1S/C15H17ClFN3/c1-2-6-20-15(12-9-19-7-5-14(12)18)11-8-10(16)3-4-13(11)17/h3-5,7-9,15,20H,2,6H2,1H3,(H2,18,19). The van der Waals surface area contributed by atoms with Gasteiger partial charge in [0.05, 0.1) is 6.04 Å². The van der Waals surface area contributed by atoms with Crippen LogP contribution >= 0.6 is 11.6 Å². The molecule has 2 aromatic rings. The Kier molecular flexibility index (Phi) is 4.93. The highest BCUT2D eigenvalue weighted by molar-refractivity contribution is 6.30. The lowest BCUT2D eigenvalue weighted by atomic mass is 9.98. The molecule has 0 saturated heterocycles. The van der Waals surface area contributed by atoms with Gasteiger partial charge < -0.3 is 11.1 Å². The van der Waals surface area contributed by atoms with Crippen LogP contribution in [0, 0.1) is 5.82 Å². The van der Waals surface area contributed by atoms with Crippen LogP contribution in [0.3, 0.4) is 0 Å². The van der Waals surface area contributed by atoms with E-state index in [-0.39, 0.29) is 11.9 Å². The second-order valence-corrected chi connectivity index (χ2v) is 4.99. The molecule has 2 rings (SSSR count). The molecule has 1 atom stereocenters. The van der Waals surface area contributed by atoms with Crippen molar-refractivity contribution in [2.45, 2.75) is 19.4 Å². The van der Waals surface area contributed by atoms with Crippen molar-refractivity contribution in [3.05, 3.63) is 58.6 Å². The molecule has 1 aromatic carbocycles. The monoisotopic (exact) mass is 293 g/mol. The second-order valence-electron chi connectivity index (χ2n) is 4.56. The van der Waals surface area contributed by atoms with E-state index >= 15 is 0 Å². The normalized spacial score (nSPS) is 12.3. The molecule has 0 aliphatic carbocycles. The van der Waals surface area contributed by atoms with Crippen molar-refractivity contribution >= 4 is 17.3 Å². The third-order valence-electron chi connectivity index (χ3n) is 3.07. The van der Waals surface area contributed by atoms with E-state index in [1.807, 2.05) is 6.92 Å². The molecule has 0 aliphatic rings. The molecular formula is C15H17ClFN3. The molecular weight excluding hydrogens is 277 g/mol. The summed E-state index contributed by atoms with van der Waals surface area (Å²) in [6, 6.07) is 5.87. The van der Waals surface area contributed by atoms with E-state index in [4.69, 9.17) is 17.3 Å². The number of nitrogen functional groups attached to an aromatic ring is 1. The molecule has 1 heterocycles. The van der Waals surface area contributed by atoms with Crippen LogP contribution in [0.2, 0.25) is 5.02 Å². The van der Waals surface area contributed by atoms with E-state index in [2.05, 4.69) is 10.3 Å². The van der Waals surface area contributed by atoms with Gasteiger partial charge in [0.15, 0.2) is 0 Å². The summed E-state index contributed by atoms with van der Waals surface area (Å²) in [4.78, 5) is 4.08. The van der Waals surface area contributed by atoms with E-state index in [9.17, 15) is 4.39 Å². The molecule has 3 N–H and O–H groups in total. The third-order valence-corrected chi connectivity index (χ3v) is 3.30. The van der Waals surface area contributed by atoms with Crippen molar-refractivity contribution in [1.29, 1.82) is 0 Å². The minimum Gasteiger partial charge on any atom is -0.398 e. The highest BCUT2D eigenvalue weighted by Crippen LogP contribution is 2.29. The average Bonchev–Trinajstić information content (AvgIpc) is 2.44. The van der Waals surface area contributed by atoms with Gasteiger partial charge in [-0.1, -0.05) is 18.5 Å². The highest BCUT2D eigenvalue weighted by Gasteiger charge is 2.20. The first-order valence-corrected chi connectivity index (χ1v) is 6.89. The van der Waals surface area contributed by atoms with Gasteiger partial charge >= 0.3 is 0 Å². The van der Waals surface area contributed by atoms with E-state index in [1.54, 1.807) is 24.5 Å². The van der Waals surface area contributed by atoms with Crippen LogP contribution in [0.25, 0.3) is 0 Å². The SMILES string of the molecule is CCCNC(c1cnccc1N)c1cc(Cl)ccc1F. The Morgan fingerprint density at radius 2 is 2.15 bits per heavy atom. The Bertz CT molecular complexity index is 589. The van der Waals surface area contributed by atoms with Crippen molar-refractivity contribution in [2.24, 2.45) is 0 Å². The summed E-state index contributed by atoms with van der Waals surface area (Å²) >= 11 is 5.98. The summed E-state index contributed by atoms with van der Waals surface area (Å²) in [6.07, 6.45) is 4.20. The summed E-state index contributed by atoms with van der Waals surface area (Å²) in [5.41, 5.74) is 7.79. The molecule has 0 radical (unpaired) electrons. The molecule has 1 unspecified atom stereocenters. The molecule has 3 nitrogen and oxygen atoms in total. The van der Waals surface area contributed by atoms with Crippen molar-refractivity contribution < 1.29 is 4.39 Å². The van der Waals surface area contributed by atoms with Crippen molar-refractivity contribution in [3.8, 4) is 0 Å². The fraction of sp³-hybridized carbons (Fsp3) is 0.267. The van der Waals surface area contributed by atoms with Gasteiger partial charge in [-0.15, -0.1) is 0 Å². The highest BCUT2D eigenvalue weighted by atomic mass is 35.5. The van der Waals surface area contributed by atoms with Gasteiger partial charge in [0.1, 0.15) is 5.82 Å². The number of nitrogens with one attached hydrogen (secondary N) is 1. The fourth-order valence-corrected chi connectivity index (χ4v) is 2.25. The Morgan fingerprint density at radius 1 is 1.35 bits per heavy atom. The Morgan fingerprint density at radius 3 is 2.85 bits per heavy atom. The molecule has 5 heteroatoms. The number of hydrogen-bond acceptors (Lipinski definition) is 3. The molecule has 106 valence electrons. The Labute approximate surface area is 123 Å². The first kappa shape index (κ1) is 14.8. The topological polar surface area (TPSA) is 50.9 Å². The molecule has 0 amide bonds. The Hall–Kier alpha value is -1.65. The lowest BCUT2D eigenvalue weighted by Crippen LogP contribution is -2.25. The molecule has 1 aromatic heterocycles. The van der Waals surface area contributed by atoms with Crippen LogP contribution in [0.15, 0.2) is 36.7 Å². The van der Waals surface area contributed by atoms with Crippen LogP contribution in [0.5, 0.6) is 0 Å². The quantitative estimate of drug-likeness (QED) is 0.886. The summed E-state index contributed by atoms with van der Waals surface area (Å²) in [7, 11) is 0. The summed E-state index contributed by atoms with van der Waals surface area (Å²) in [5, 5.41) is 3.78. The van der Waals surface area contributed by atoms with Crippen molar-refractivity contribution in [3.63, 3.8) is 0 Å². The van der Waals surface area contributed by atoms with Crippen LogP contribution in [0.4, 0.5) is 10.1 Å². The first-order valence-electron chi connectivity index (χ1n) is 6.51. The minimum absolute atomic E-state index is 0.314. The number of nitrogens with zero attached hydrogens (tertiary/aromatic N) is 1. The lowest BCUT2D eigenvalue weighted by molar-refractivity contribution is 0.547. The minimum atomic E-state index is -0.359. The number of halogens is 2. The van der Waals surface area contributed by atoms with Gasteiger partial charge in [0.2, 0.25) is 0 Å². The molecule has 0 spiro atoms. The third kappa shape index (κ3) is 3.26. The molecule has 0 fully saturated rings. The number of pyridine rings is 1. The van der Waals surface area contributed by atoms with Gasteiger partial charge in [0, 0.05) is 34.2 Å². The van der Waals surface area contributed by atoms with Crippen LogP contribution in [0.1, 0.15) is 30.5 Å². The predicted octanol–water partition coefficient (Wildman–Crippen LogP) is 3.55. The van der Waals surface area contributed by atoms with Gasteiger partial charge in [-0.2, -0.15) is 0 Å². The molecule has 20 heavy (non-hydrogen) atoms. The Balaban J connectivity index is 2.47. The zero-order valence-electron chi connectivity index (χ0n) is 11.2. The maximum atomic E-state index is 14.1. The lowest BCUT2D eigenvalue weighted by Gasteiger charge is -2.21. The van der Waals surface area contributed by atoms with Gasteiger partial charge in [0.25, 0.3) is 0 Å². The summed E-state index contributed by atoms with van der Waals surface area (Å²) in [5.74, 6) is -0.314. The number of hydrogen-bond donors (Lipinski definition) is 2. The van der Waals surface area contributed by atoms with Crippen molar-refractivity contribution in [1.82, 2.24) is 10.3 Å². The summed E-state index contributed by atoms with van der Waals surface area (Å²) in [6.45, 7) is 2.79. The van der Waals surface area contributed by atoms with E-state index in [0.29, 0.717) is 16.3 Å². The zero-order chi connectivity index (χ0) is 14.5. The van der Waals surface area contributed by atoms with E-state index < -0.39 is 0 Å². The van der Waals surface area contributed by atoms with Gasteiger partial charge in [-0.05, 0) is 37.2 Å². The number of nitrogens with two attached hydrogens (primary N) is 1. The van der Waals surface area contributed by atoms with Crippen LogP contribution in [-0.4, -0.2) is 11.5 Å². The molecule has 0 bridgehead atoms. The number of rotatable bonds is 5. The molecule has 0 aliphatic heterocycles. The zero-order valence-corrected chi connectivity index (χ0v) is 12.0. The van der Waals surface area contributed by atoms with Gasteiger partial charge in [-0.25, -0.2) is 4.39 Å². The van der Waals surface area contributed by atoms with Crippen LogP contribution in [-0.2, 0) is 0 Å². The molecule has 0 saturated carbocycles. The maximum absolute atomic E-state index is 14.1. The fourth-order valence-electron chi connectivity index (χ4n) is 2.07. The van der Waals surface area contributed by atoms with Gasteiger partial charge in [-0.3, -0.25) is 4.98 Å². The van der Waals surface area contributed by atoms with E-state index in [0.717, 1.165) is 18.5 Å². The van der Waals surface area contributed by atoms with E-state index in [1.165, 1.54) is 12.1 Å². The average molecular weight is 294 g/mol. The largest absolute Gasteiger partial charge is 0.398 e. The predicted molar refractivity (Wildman–Crippen MR) is 80.2 cm³/mol. The first-order chi connectivity index (χ1) is 9.63. The number of aromatic nitrogens is 1. The second kappa shape index (κ2) is 6.68. The number of benzene rings is 1. The maximum Gasteiger partial charge on any atom is 0.128 e. The summed E-state index contributed by atoms with van der Waals surface area (Å²) < 4.78 is 14.1.